The van der Waals surface area contributed by atoms with Crippen LogP contribution in [-0.2, 0) is 4.79 Å². The Morgan fingerprint density at radius 1 is 1.18 bits per heavy atom. The molecule has 3 amide bonds. The van der Waals surface area contributed by atoms with Gasteiger partial charge in [0.25, 0.3) is 0 Å². The van der Waals surface area contributed by atoms with Gasteiger partial charge < -0.3 is 21.3 Å². The predicted octanol–water partition coefficient (Wildman–Crippen LogP) is 1.20. The summed E-state index contributed by atoms with van der Waals surface area (Å²) in [7, 11) is 0. The van der Waals surface area contributed by atoms with Crippen molar-refractivity contribution in [3.05, 3.63) is 0 Å². The number of nitrogens with two attached hydrogens (primary N) is 1. The molecule has 0 radical (unpaired) electrons. The highest BCUT2D eigenvalue weighted by Gasteiger charge is 2.26. The van der Waals surface area contributed by atoms with Crippen molar-refractivity contribution in [2.75, 3.05) is 19.6 Å². The van der Waals surface area contributed by atoms with Gasteiger partial charge in [-0.05, 0) is 38.5 Å². The van der Waals surface area contributed by atoms with Crippen LogP contribution in [-0.4, -0.2) is 48.6 Å². The molecule has 1 aliphatic heterocycles. The smallest absolute Gasteiger partial charge is 0.315 e. The molecule has 4 N–H and O–H groups in total. The lowest BCUT2D eigenvalue weighted by atomic mass is 9.92. The number of piperidine rings is 1. The number of nitrogens with one attached hydrogen (secondary N) is 2. The Morgan fingerprint density at radius 3 is 2.59 bits per heavy atom. The highest BCUT2D eigenvalue weighted by molar-refractivity contribution is 5.84. The molecule has 1 aliphatic carbocycles. The van der Waals surface area contributed by atoms with Crippen molar-refractivity contribution in [3.8, 4) is 0 Å². The van der Waals surface area contributed by atoms with Gasteiger partial charge in [-0.25, -0.2) is 4.79 Å². The molecule has 6 nitrogen and oxygen atoms in total. The number of nitrogens with zero attached hydrogens (tertiary/aromatic N) is 1. The minimum absolute atomic E-state index is 0.0101. The number of amides is 3. The monoisotopic (exact) mass is 310 g/mol. The molecular weight excluding hydrogens is 280 g/mol. The van der Waals surface area contributed by atoms with Gasteiger partial charge in [-0.15, -0.1) is 0 Å². The van der Waals surface area contributed by atoms with E-state index in [0.717, 1.165) is 32.2 Å². The first-order valence-electron chi connectivity index (χ1n) is 8.64. The van der Waals surface area contributed by atoms with Gasteiger partial charge >= 0.3 is 6.03 Å². The molecule has 1 saturated carbocycles. The molecule has 1 heterocycles. The number of carbonyl (C=O) groups excluding carboxylic acids is 2. The van der Waals surface area contributed by atoms with E-state index in [-0.39, 0.29) is 30.6 Å². The molecule has 0 spiro atoms. The van der Waals surface area contributed by atoms with Gasteiger partial charge in [0.05, 0.1) is 6.54 Å². The third-order valence-corrected chi connectivity index (χ3v) is 4.89. The van der Waals surface area contributed by atoms with E-state index in [9.17, 15) is 9.59 Å². The zero-order chi connectivity index (χ0) is 15.9. The molecule has 22 heavy (non-hydrogen) atoms. The van der Waals surface area contributed by atoms with Crippen molar-refractivity contribution in [2.45, 2.75) is 64.0 Å². The number of likely N-dealkylation sites (tertiary alicyclic amines) is 1. The van der Waals surface area contributed by atoms with Crippen molar-refractivity contribution < 1.29 is 9.59 Å². The maximum atomic E-state index is 12.2. The lowest BCUT2D eigenvalue weighted by Crippen LogP contribution is -2.50. The molecule has 2 rings (SSSR count). The second kappa shape index (κ2) is 8.36. The van der Waals surface area contributed by atoms with Crippen molar-refractivity contribution in [1.29, 1.82) is 0 Å². The summed E-state index contributed by atoms with van der Waals surface area (Å²) in [6, 6.07) is 0.153. The Balaban J connectivity index is 1.69. The summed E-state index contributed by atoms with van der Waals surface area (Å²) in [5.41, 5.74) is 5.94. The van der Waals surface area contributed by atoms with E-state index in [2.05, 4.69) is 10.6 Å². The van der Waals surface area contributed by atoms with Crippen LogP contribution in [0.1, 0.15) is 51.9 Å². The van der Waals surface area contributed by atoms with Crippen molar-refractivity contribution in [1.82, 2.24) is 15.5 Å². The summed E-state index contributed by atoms with van der Waals surface area (Å²) in [5, 5.41) is 5.66. The fourth-order valence-corrected chi connectivity index (χ4v) is 3.42. The van der Waals surface area contributed by atoms with Crippen molar-refractivity contribution in [2.24, 2.45) is 11.7 Å². The number of hydrogen-bond donors (Lipinski definition) is 3. The number of hydrogen-bond acceptors (Lipinski definition) is 3. The minimum atomic E-state index is -0.221. The molecule has 2 fully saturated rings. The van der Waals surface area contributed by atoms with Crippen molar-refractivity contribution >= 4 is 11.9 Å². The van der Waals surface area contributed by atoms with Crippen LogP contribution in [0.5, 0.6) is 0 Å². The van der Waals surface area contributed by atoms with E-state index in [1.165, 1.54) is 19.3 Å². The van der Waals surface area contributed by atoms with Crippen LogP contribution < -0.4 is 16.4 Å². The molecule has 2 unspecified atom stereocenters. The van der Waals surface area contributed by atoms with Crippen LogP contribution in [0.4, 0.5) is 4.79 Å². The van der Waals surface area contributed by atoms with Crippen LogP contribution in [0, 0.1) is 5.92 Å². The fraction of sp³-hybridized carbons (Fsp3) is 0.875. The van der Waals surface area contributed by atoms with E-state index in [1.807, 2.05) is 11.8 Å². The molecule has 2 atom stereocenters. The highest BCUT2D eigenvalue weighted by Crippen LogP contribution is 2.19. The summed E-state index contributed by atoms with van der Waals surface area (Å²) in [4.78, 5) is 25.9. The normalized spacial score (nSPS) is 24.6. The van der Waals surface area contributed by atoms with Gasteiger partial charge in [-0.3, -0.25) is 4.79 Å². The molecule has 0 aromatic carbocycles. The van der Waals surface area contributed by atoms with Gasteiger partial charge in [-0.1, -0.05) is 19.3 Å². The van der Waals surface area contributed by atoms with Gasteiger partial charge in [0.1, 0.15) is 0 Å². The summed E-state index contributed by atoms with van der Waals surface area (Å²) >= 11 is 0. The standard InChI is InChI=1S/C16H30N4O2/c1-12(17)13-6-5-9-20(11-13)15(21)10-18-16(22)19-14-7-3-2-4-8-14/h12-14H,2-11,17H2,1H3,(H2,18,19,22). The van der Waals surface area contributed by atoms with Crippen LogP contribution in [0.15, 0.2) is 0 Å². The second-order valence-corrected chi connectivity index (χ2v) is 6.76. The molecule has 126 valence electrons. The highest BCUT2D eigenvalue weighted by atomic mass is 16.2. The average molecular weight is 310 g/mol. The van der Waals surface area contributed by atoms with Gasteiger partial charge in [0, 0.05) is 25.2 Å². The third kappa shape index (κ3) is 5.16. The lowest BCUT2D eigenvalue weighted by molar-refractivity contribution is -0.132. The number of urea groups is 1. The Morgan fingerprint density at radius 2 is 1.91 bits per heavy atom. The Bertz CT molecular complexity index is 380. The zero-order valence-corrected chi connectivity index (χ0v) is 13.6. The maximum Gasteiger partial charge on any atom is 0.315 e. The minimum Gasteiger partial charge on any atom is -0.341 e. The Kier molecular flexibility index (Phi) is 6.49. The van der Waals surface area contributed by atoms with Crippen LogP contribution in [0.2, 0.25) is 0 Å². The Labute approximate surface area is 133 Å². The number of rotatable bonds is 4. The molecule has 1 saturated heterocycles. The quantitative estimate of drug-likeness (QED) is 0.729. The first kappa shape index (κ1) is 17.1. The largest absolute Gasteiger partial charge is 0.341 e. The molecule has 2 aliphatic rings. The molecule has 0 bridgehead atoms. The van der Waals surface area contributed by atoms with Gasteiger partial charge in [0.15, 0.2) is 0 Å². The Hall–Kier alpha value is -1.30. The van der Waals surface area contributed by atoms with E-state index >= 15 is 0 Å². The van der Waals surface area contributed by atoms with Crippen molar-refractivity contribution in [3.63, 3.8) is 0 Å². The fourth-order valence-electron chi connectivity index (χ4n) is 3.42. The topological polar surface area (TPSA) is 87.5 Å². The van der Waals surface area contributed by atoms with Gasteiger partial charge in [0.2, 0.25) is 5.91 Å². The molecule has 0 aromatic heterocycles. The van der Waals surface area contributed by atoms with Gasteiger partial charge in [-0.2, -0.15) is 0 Å². The number of carbonyl (C=O) groups is 2. The molecule has 6 heteroatoms. The summed E-state index contributed by atoms with van der Waals surface area (Å²) in [6.45, 7) is 3.55. The summed E-state index contributed by atoms with van der Waals surface area (Å²) < 4.78 is 0. The summed E-state index contributed by atoms with van der Waals surface area (Å²) in [6.07, 6.45) is 7.77. The maximum absolute atomic E-state index is 12.2. The zero-order valence-electron chi connectivity index (χ0n) is 13.6. The van der Waals surface area contributed by atoms with E-state index < -0.39 is 0 Å². The van der Waals surface area contributed by atoms with Crippen LogP contribution >= 0.6 is 0 Å². The van der Waals surface area contributed by atoms with E-state index in [1.54, 1.807) is 0 Å². The van der Waals surface area contributed by atoms with E-state index in [4.69, 9.17) is 5.73 Å². The summed E-state index contributed by atoms with van der Waals surface area (Å²) in [5.74, 6) is 0.359. The van der Waals surface area contributed by atoms with Crippen LogP contribution in [0.3, 0.4) is 0 Å². The van der Waals surface area contributed by atoms with Crippen LogP contribution in [0.25, 0.3) is 0 Å². The second-order valence-electron chi connectivity index (χ2n) is 6.76. The molecule has 0 aromatic rings. The third-order valence-electron chi connectivity index (χ3n) is 4.89. The lowest BCUT2D eigenvalue weighted by Gasteiger charge is -2.34. The first-order chi connectivity index (χ1) is 10.6. The first-order valence-corrected chi connectivity index (χ1v) is 8.64. The average Bonchev–Trinajstić information content (AvgIpc) is 2.53. The predicted molar refractivity (Wildman–Crippen MR) is 86.4 cm³/mol. The molecular formula is C16H30N4O2. The van der Waals surface area contributed by atoms with E-state index in [0.29, 0.717) is 12.5 Å². The SMILES string of the molecule is CC(N)C1CCCN(C(=O)CNC(=O)NC2CCCCC2)C1.